The van der Waals surface area contributed by atoms with Gasteiger partial charge < -0.3 is 27.0 Å². The number of nitrogens with two attached hydrogens (primary N) is 3. The van der Waals surface area contributed by atoms with E-state index in [9.17, 15) is 9.36 Å². The Morgan fingerprint density at radius 2 is 1.90 bits per heavy atom. The Labute approximate surface area is 247 Å². The number of aromatic nitrogens is 2. The third kappa shape index (κ3) is 11.2. The molecule has 8 N–H and O–H groups in total. The molecule has 0 radical (unpaired) electrons. The van der Waals surface area contributed by atoms with E-state index in [0.717, 1.165) is 77.8 Å². The molecule has 41 heavy (non-hydrogen) atoms. The van der Waals surface area contributed by atoms with Gasteiger partial charge >= 0.3 is 7.75 Å². The Morgan fingerprint density at radius 1 is 1.15 bits per heavy atom. The van der Waals surface area contributed by atoms with E-state index in [-0.39, 0.29) is 34.7 Å². The van der Waals surface area contributed by atoms with E-state index in [1.165, 1.54) is 0 Å². The van der Waals surface area contributed by atoms with E-state index >= 15 is 0 Å². The van der Waals surface area contributed by atoms with Crippen LogP contribution in [0, 0.1) is 0 Å². The Bertz CT molecular complexity index is 1070. The Kier molecular flexibility index (Phi) is 13.5. The van der Waals surface area contributed by atoms with Gasteiger partial charge in [-0.3, -0.25) is 29.1 Å². The van der Waals surface area contributed by atoms with Gasteiger partial charge in [-0.2, -0.15) is 0 Å². The average Bonchev–Trinajstić information content (AvgIpc) is 2.91. The van der Waals surface area contributed by atoms with E-state index in [1.807, 2.05) is 14.1 Å². The molecule has 0 spiro atoms. The molecule has 17 heteroatoms. The number of carbonyl (C=O) groups excluding carboxylic acids is 1. The lowest BCUT2D eigenvalue weighted by Gasteiger charge is -2.40. The van der Waals surface area contributed by atoms with Crippen LogP contribution in [0.25, 0.3) is 0 Å². The molecule has 0 aliphatic carbocycles. The second-order valence-corrected chi connectivity index (χ2v) is 12.5. The topological polar surface area (TPSA) is 203 Å². The molecule has 1 aromatic heterocycles. The van der Waals surface area contributed by atoms with E-state index in [4.69, 9.17) is 37.8 Å². The fourth-order valence-electron chi connectivity index (χ4n) is 4.54. The van der Waals surface area contributed by atoms with Gasteiger partial charge in [-0.25, -0.2) is 19.6 Å². The van der Waals surface area contributed by atoms with Crippen molar-refractivity contribution in [2.45, 2.75) is 44.8 Å². The fourth-order valence-corrected chi connectivity index (χ4v) is 6.25. The molecule has 1 amide bonds. The van der Waals surface area contributed by atoms with Crippen LogP contribution in [0.3, 0.4) is 0 Å². The van der Waals surface area contributed by atoms with Gasteiger partial charge in [0.05, 0.1) is 6.61 Å². The number of nitrogens with one attached hydrogen (secondary N) is 2. The van der Waals surface area contributed by atoms with Gasteiger partial charge in [0.1, 0.15) is 6.23 Å². The van der Waals surface area contributed by atoms with Crippen LogP contribution in [0.5, 0.6) is 0 Å². The van der Waals surface area contributed by atoms with E-state index in [0.29, 0.717) is 19.7 Å². The first-order valence-corrected chi connectivity index (χ1v) is 16.0. The van der Waals surface area contributed by atoms with Crippen LogP contribution < -0.4 is 27.6 Å². The zero-order valence-electron chi connectivity index (χ0n) is 24.1. The van der Waals surface area contributed by atoms with Crippen LogP contribution in [-0.4, -0.2) is 116 Å². The Hall–Kier alpha value is -2.10. The highest BCUT2D eigenvalue weighted by atomic mass is 35.5. The number of rotatable bonds is 12. The standard InChI is InChI=1S/C24H45ClN11O4P/c1-34(2)11-7-10-30-41(38)39-17-6-3-8-18(40-41)36-15-13-35(14-16-36)12-5-4-9-29-24(28)33-23(37)19-21(26)32-22(27)20(25)31-19/h18H,3-17H2,1-2H3,(H,30,38)(H4,26,27,32)(H3,28,29,33,37). The predicted molar refractivity (Wildman–Crippen MR) is 161 cm³/mol. The molecule has 2 aliphatic heterocycles. The third-order valence-electron chi connectivity index (χ3n) is 6.79. The summed E-state index contributed by atoms with van der Waals surface area (Å²) in [4.78, 5) is 30.9. The summed E-state index contributed by atoms with van der Waals surface area (Å²) in [5.41, 5.74) is 16.9. The van der Waals surface area contributed by atoms with Crippen LogP contribution in [0.4, 0.5) is 11.6 Å². The van der Waals surface area contributed by atoms with Crippen LogP contribution in [-0.2, 0) is 13.6 Å². The molecule has 2 aliphatic rings. The zero-order chi connectivity index (χ0) is 29.8. The smallest absolute Gasteiger partial charge is 0.382 e. The predicted octanol–water partition coefficient (Wildman–Crippen LogP) is 0.929. The summed E-state index contributed by atoms with van der Waals surface area (Å²) in [5, 5.41) is 5.38. The Morgan fingerprint density at radius 3 is 2.63 bits per heavy atom. The maximum atomic E-state index is 13.3. The van der Waals surface area contributed by atoms with E-state index < -0.39 is 13.7 Å². The monoisotopic (exact) mass is 617 g/mol. The van der Waals surface area contributed by atoms with Gasteiger partial charge in [0.25, 0.3) is 5.91 Å². The molecule has 0 saturated carbocycles. The van der Waals surface area contributed by atoms with Gasteiger partial charge in [0, 0.05) is 39.3 Å². The molecule has 232 valence electrons. The van der Waals surface area contributed by atoms with Crippen molar-refractivity contribution < 1.29 is 18.4 Å². The largest absolute Gasteiger partial charge is 0.407 e. The quantitative estimate of drug-likeness (QED) is 0.0960. The van der Waals surface area contributed by atoms with Crippen molar-refractivity contribution in [2.75, 3.05) is 84.5 Å². The molecule has 2 saturated heterocycles. The highest BCUT2D eigenvalue weighted by Crippen LogP contribution is 2.47. The molecular weight excluding hydrogens is 573 g/mol. The minimum absolute atomic E-state index is 0.0366. The minimum atomic E-state index is -3.35. The van der Waals surface area contributed by atoms with Gasteiger partial charge in [-0.05, 0) is 65.7 Å². The summed E-state index contributed by atoms with van der Waals surface area (Å²) in [7, 11) is 0.685. The minimum Gasteiger partial charge on any atom is -0.382 e. The number of piperazine rings is 1. The van der Waals surface area contributed by atoms with Gasteiger partial charge in [-0.1, -0.05) is 11.6 Å². The summed E-state index contributed by atoms with van der Waals surface area (Å²) in [6.07, 6.45) is 5.06. The number of amides is 1. The molecular formula is C24H45ClN11O4P. The number of hydrogen-bond donors (Lipinski definition) is 5. The number of nitrogen functional groups attached to an aromatic ring is 2. The number of carbonyl (C=O) groups is 1. The SMILES string of the molecule is CN(C)CCCNP1(=O)OCCCCC(N2CCN(CCCCN=C(N)NC(=O)c3nc(Cl)c(N)nc3N)CC2)O1. The molecule has 2 fully saturated rings. The van der Waals surface area contributed by atoms with Crippen molar-refractivity contribution in [2.24, 2.45) is 10.7 Å². The summed E-state index contributed by atoms with van der Waals surface area (Å²) in [6, 6.07) is 0. The second-order valence-electron chi connectivity index (χ2n) is 10.4. The fraction of sp³-hybridized carbons (Fsp3) is 0.750. The summed E-state index contributed by atoms with van der Waals surface area (Å²) in [6.45, 7) is 6.78. The Balaban J connectivity index is 1.36. The maximum Gasteiger partial charge on any atom is 0.407 e. The maximum absolute atomic E-state index is 13.3. The number of anilines is 2. The van der Waals surface area contributed by atoms with Crippen molar-refractivity contribution in [1.82, 2.24) is 35.1 Å². The number of guanidine groups is 1. The van der Waals surface area contributed by atoms with E-state index in [1.54, 1.807) is 0 Å². The number of unbranched alkanes of at least 4 members (excludes halogenated alkanes) is 1. The first-order chi connectivity index (χ1) is 19.6. The van der Waals surface area contributed by atoms with Gasteiger partial charge in [0.15, 0.2) is 28.4 Å². The number of nitrogens with zero attached hydrogens (tertiary/aromatic N) is 6. The molecule has 0 bridgehead atoms. The highest BCUT2D eigenvalue weighted by Gasteiger charge is 2.34. The summed E-state index contributed by atoms with van der Waals surface area (Å²) >= 11 is 5.82. The molecule has 15 nitrogen and oxygen atoms in total. The van der Waals surface area contributed by atoms with Crippen molar-refractivity contribution in [1.29, 1.82) is 0 Å². The van der Waals surface area contributed by atoms with Crippen LogP contribution in [0.15, 0.2) is 4.99 Å². The number of aliphatic imine (C=N–C) groups is 1. The lowest BCUT2D eigenvalue weighted by molar-refractivity contribution is -0.0307. The highest BCUT2D eigenvalue weighted by molar-refractivity contribution is 7.51. The molecule has 2 unspecified atom stereocenters. The number of halogens is 1. The van der Waals surface area contributed by atoms with Crippen LogP contribution in [0.2, 0.25) is 5.15 Å². The van der Waals surface area contributed by atoms with E-state index in [2.05, 4.69) is 40.1 Å². The molecule has 3 rings (SSSR count). The number of hydrogen-bond acceptors (Lipinski definition) is 12. The van der Waals surface area contributed by atoms with Crippen molar-refractivity contribution in [3.05, 3.63) is 10.8 Å². The van der Waals surface area contributed by atoms with Gasteiger partial charge in [-0.15, -0.1) is 0 Å². The summed E-state index contributed by atoms with van der Waals surface area (Å²) < 4.78 is 25.1. The first-order valence-electron chi connectivity index (χ1n) is 14.1. The molecule has 0 aromatic carbocycles. The lowest BCUT2D eigenvalue weighted by Crippen LogP contribution is -2.51. The third-order valence-corrected chi connectivity index (χ3v) is 8.73. The van der Waals surface area contributed by atoms with Crippen molar-refractivity contribution in [3.8, 4) is 0 Å². The zero-order valence-corrected chi connectivity index (χ0v) is 25.7. The first kappa shape index (κ1) is 33.4. The van der Waals surface area contributed by atoms with Crippen LogP contribution in [0.1, 0.15) is 49.0 Å². The average molecular weight is 618 g/mol. The molecule has 2 atom stereocenters. The van der Waals surface area contributed by atoms with Gasteiger partial charge in [0.2, 0.25) is 0 Å². The lowest BCUT2D eigenvalue weighted by atomic mass is 10.2. The van der Waals surface area contributed by atoms with Crippen LogP contribution >= 0.6 is 19.3 Å². The molecule has 3 heterocycles. The molecule has 1 aromatic rings. The van der Waals surface area contributed by atoms with Crippen molar-refractivity contribution in [3.63, 3.8) is 0 Å². The van der Waals surface area contributed by atoms with Crippen molar-refractivity contribution >= 4 is 42.8 Å². The summed E-state index contributed by atoms with van der Waals surface area (Å²) in [5.74, 6) is -0.901. The normalized spacial score (nSPS) is 23.3. The second kappa shape index (κ2) is 16.5.